The van der Waals surface area contributed by atoms with Crippen molar-refractivity contribution in [3.8, 4) is 5.75 Å². The number of rotatable bonds is 8. The minimum atomic E-state index is -3.68. The molecule has 0 spiro atoms. The maximum absolute atomic E-state index is 13.1. The molecule has 1 aliphatic rings. The molecule has 1 aliphatic heterocycles. The number of anilines is 1. The summed E-state index contributed by atoms with van der Waals surface area (Å²) >= 11 is 0. The van der Waals surface area contributed by atoms with Gasteiger partial charge in [0.05, 0.1) is 13.7 Å². The van der Waals surface area contributed by atoms with Gasteiger partial charge in [0.15, 0.2) is 0 Å². The monoisotopic (exact) mass is 431 g/mol. The van der Waals surface area contributed by atoms with E-state index in [0.29, 0.717) is 25.3 Å². The molecule has 0 radical (unpaired) electrons. The molecule has 0 saturated carbocycles. The van der Waals surface area contributed by atoms with E-state index in [1.54, 1.807) is 12.1 Å². The van der Waals surface area contributed by atoms with E-state index in [1.807, 2.05) is 42.3 Å². The number of amides is 1. The first kappa shape index (κ1) is 22.3. The van der Waals surface area contributed by atoms with E-state index < -0.39 is 10.0 Å². The molecule has 2 aromatic rings. The summed E-state index contributed by atoms with van der Waals surface area (Å²) in [5.41, 5.74) is 1.55. The van der Waals surface area contributed by atoms with Crippen LogP contribution >= 0.6 is 0 Å². The first-order valence-electron chi connectivity index (χ1n) is 10.1. The highest BCUT2D eigenvalue weighted by Gasteiger charge is 2.29. The average molecular weight is 432 g/mol. The number of benzene rings is 2. The third-order valence-corrected chi connectivity index (χ3v) is 7.01. The van der Waals surface area contributed by atoms with Crippen LogP contribution in [0.25, 0.3) is 0 Å². The number of carbonyl (C=O) groups is 1. The maximum Gasteiger partial charge on any atom is 0.246 e. The van der Waals surface area contributed by atoms with Crippen LogP contribution in [-0.2, 0) is 21.4 Å². The Bertz CT molecular complexity index is 958. The molecular formula is C22H29N3O4S. The van der Waals surface area contributed by atoms with Gasteiger partial charge < -0.3 is 10.1 Å². The summed E-state index contributed by atoms with van der Waals surface area (Å²) in [6.45, 7) is 1.85. The Labute approximate surface area is 178 Å². The van der Waals surface area contributed by atoms with Crippen LogP contribution in [0, 0.1) is 0 Å². The van der Waals surface area contributed by atoms with E-state index in [-0.39, 0.29) is 23.1 Å². The molecular weight excluding hydrogens is 402 g/mol. The maximum atomic E-state index is 13.1. The molecule has 0 bridgehead atoms. The molecule has 0 unspecified atom stereocenters. The van der Waals surface area contributed by atoms with Gasteiger partial charge in [-0.15, -0.1) is 0 Å². The van der Waals surface area contributed by atoms with E-state index >= 15 is 0 Å². The van der Waals surface area contributed by atoms with Gasteiger partial charge in [-0.25, -0.2) is 8.42 Å². The van der Waals surface area contributed by atoms with E-state index in [1.165, 1.54) is 17.5 Å². The van der Waals surface area contributed by atoms with Crippen molar-refractivity contribution in [3.63, 3.8) is 0 Å². The molecule has 1 amide bonds. The highest BCUT2D eigenvalue weighted by molar-refractivity contribution is 7.89. The lowest BCUT2D eigenvalue weighted by Crippen LogP contribution is -2.35. The zero-order valence-electron chi connectivity index (χ0n) is 17.5. The fraction of sp³-hybridized carbons (Fsp3) is 0.409. The normalized spacial score (nSPS) is 15.2. The van der Waals surface area contributed by atoms with Gasteiger partial charge in [-0.2, -0.15) is 4.31 Å². The van der Waals surface area contributed by atoms with Crippen molar-refractivity contribution in [1.29, 1.82) is 0 Å². The topological polar surface area (TPSA) is 79.0 Å². The van der Waals surface area contributed by atoms with Gasteiger partial charge in [-0.1, -0.05) is 36.8 Å². The third kappa shape index (κ3) is 5.59. The molecule has 1 heterocycles. The Kier molecular flexibility index (Phi) is 7.47. The van der Waals surface area contributed by atoms with Crippen molar-refractivity contribution >= 4 is 21.6 Å². The van der Waals surface area contributed by atoms with Crippen molar-refractivity contribution < 1.29 is 17.9 Å². The Balaban J connectivity index is 1.70. The van der Waals surface area contributed by atoms with Crippen molar-refractivity contribution in [2.75, 3.05) is 39.1 Å². The summed E-state index contributed by atoms with van der Waals surface area (Å²) in [5, 5.41) is 2.81. The Morgan fingerprint density at radius 3 is 2.47 bits per heavy atom. The molecule has 162 valence electrons. The summed E-state index contributed by atoms with van der Waals surface area (Å²) in [6.07, 6.45) is 2.74. The molecule has 2 aromatic carbocycles. The highest BCUT2D eigenvalue weighted by atomic mass is 32.2. The SMILES string of the molecule is COc1ccc(NC(=O)CN(C)Cc2ccccc2)cc1S(=O)(=O)N1CCCCC1. The lowest BCUT2D eigenvalue weighted by molar-refractivity contribution is -0.117. The van der Waals surface area contributed by atoms with Crippen molar-refractivity contribution in [1.82, 2.24) is 9.21 Å². The number of nitrogens with zero attached hydrogens (tertiary/aromatic N) is 2. The standard InChI is InChI=1S/C22H29N3O4S/c1-24(16-18-9-5-3-6-10-18)17-22(26)23-19-11-12-20(29-2)21(15-19)30(27,28)25-13-7-4-8-14-25/h3,5-6,9-12,15H,4,7-8,13-14,16-17H2,1-2H3,(H,23,26). The lowest BCUT2D eigenvalue weighted by Gasteiger charge is -2.26. The molecule has 1 N–H and O–H groups in total. The van der Waals surface area contributed by atoms with Gasteiger partial charge in [0, 0.05) is 25.3 Å². The van der Waals surface area contributed by atoms with Crippen molar-refractivity contribution in [2.24, 2.45) is 0 Å². The number of carbonyl (C=O) groups excluding carboxylic acids is 1. The number of sulfonamides is 1. The first-order chi connectivity index (χ1) is 14.4. The van der Waals surface area contributed by atoms with Gasteiger partial charge >= 0.3 is 0 Å². The molecule has 0 aliphatic carbocycles. The molecule has 0 atom stereocenters. The zero-order valence-corrected chi connectivity index (χ0v) is 18.3. The molecule has 1 saturated heterocycles. The van der Waals surface area contributed by atoms with E-state index in [4.69, 9.17) is 4.74 Å². The summed E-state index contributed by atoms with van der Waals surface area (Å²) in [6, 6.07) is 14.6. The van der Waals surface area contributed by atoms with Crippen molar-refractivity contribution in [3.05, 3.63) is 54.1 Å². The fourth-order valence-electron chi connectivity index (χ4n) is 3.60. The predicted octanol–water partition coefficient (Wildman–Crippen LogP) is 2.94. The summed E-state index contributed by atoms with van der Waals surface area (Å²) in [7, 11) is -0.367. The quantitative estimate of drug-likeness (QED) is 0.695. The van der Waals surface area contributed by atoms with Gasteiger partial charge in [-0.3, -0.25) is 9.69 Å². The first-order valence-corrected chi connectivity index (χ1v) is 11.5. The van der Waals surface area contributed by atoms with E-state index in [9.17, 15) is 13.2 Å². The van der Waals surface area contributed by atoms with Crippen LogP contribution < -0.4 is 10.1 Å². The summed E-state index contributed by atoms with van der Waals surface area (Å²) in [5.74, 6) is 0.0692. The number of likely N-dealkylation sites (N-methyl/N-ethyl adjacent to an activating group) is 1. The number of ether oxygens (including phenoxy) is 1. The molecule has 30 heavy (non-hydrogen) atoms. The second-order valence-electron chi connectivity index (χ2n) is 7.54. The van der Waals surface area contributed by atoms with Gasteiger partial charge in [0.2, 0.25) is 15.9 Å². The largest absolute Gasteiger partial charge is 0.495 e. The van der Waals surface area contributed by atoms with Crippen LogP contribution in [0.2, 0.25) is 0 Å². The van der Waals surface area contributed by atoms with E-state index in [2.05, 4.69) is 5.32 Å². The number of piperidine rings is 1. The number of nitrogens with one attached hydrogen (secondary N) is 1. The highest BCUT2D eigenvalue weighted by Crippen LogP contribution is 2.31. The van der Waals surface area contributed by atoms with Gasteiger partial charge in [0.25, 0.3) is 0 Å². The minimum absolute atomic E-state index is 0.0855. The summed E-state index contributed by atoms with van der Waals surface area (Å²) < 4.78 is 33.0. The second kappa shape index (κ2) is 10.1. The van der Waals surface area contributed by atoms with Crippen LogP contribution in [0.5, 0.6) is 5.75 Å². The van der Waals surface area contributed by atoms with Crippen LogP contribution in [0.1, 0.15) is 24.8 Å². The average Bonchev–Trinajstić information content (AvgIpc) is 2.74. The Morgan fingerprint density at radius 1 is 1.10 bits per heavy atom. The Morgan fingerprint density at radius 2 is 1.80 bits per heavy atom. The molecule has 7 nitrogen and oxygen atoms in total. The number of hydrogen-bond acceptors (Lipinski definition) is 5. The number of methoxy groups -OCH3 is 1. The van der Waals surface area contributed by atoms with E-state index in [0.717, 1.165) is 24.8 Å². The second-order valence-corrected chi connectivity index (χ2v) is 9.44. The predicted molar refractivity (Wildman–Crippen MR) is 117 cm³/mol. The van der Waals surface area contributed by atoms with Gasteiger partial charge in [0.1, 0.15) is 10.6 Å². The van der Waals surface area contributed by atoms with Crippen LogP contribution in [0.3, 0.4) is 0 Å². The molecule has 0 aromatic heterocycles. The molecule has 8 heteroatoms. The Hall–Kier alpha value is -2.42. The smallest absolute Gasteiger partial charge is 0.246 e. The minimum Gasteiger partial charge on any atom is -0.495 e. The summed E-state index contributed by atoms with van der Waals surface area (Å²) in [4.78, 5) is 14.5. The van der Waals surface area contributed by atoms with Gasteiger partial charge in [-0.05, 0) is 43.7 Å². The van der Waals surface area contributed by atoms with Crippen LogP contribution in [0.4, 0.5) is 5.69 Å². The third-order valence-electron chi connectivity index (χ3n) is 5.09. The van der Waals surface area contributed by atoms with Crippen molar-refractivity contribution in [2.45, 2.75) is 30.7 Å². The fourth-order valence-corrected chi connectivity index (χ4v) is 5.30. The van der Waals surface area contributed by atoms with Crippen LogP contribution in [0.15, 0.2) is 53.4 Å². The van der Waals surface area contributed by atoms with Crippen LogP contribution in [-0.4, -0.2) is 57.3 Å². The molecule has 1 fully saturated rings. The number of hydrogen-bond donors (Lipinski definition) is 1. The zero-order chi connectivity index (χ0) is 21.6. The lowest BCUT2D eigenvalue weighted by atomic mass is 10.2. The molecule has 3 rings (SSSR count).